The van der Waals surface area contributed by atoms with Crippen molar-refractivity contribution in [1.29, 1.82) is 0 Å². The maximum absolute atomic E-state index is 12.9. The van der Waals surface area contributed by atoms with Crippen LogP contribution < -0.4 is 15.8 Å². The number of amides is 1. The maximum atomic E-state index is 12.9. The third-order valence-electron chi connectivity index (χ3n) is 2.48. The average Bonchev–Trinajstić information content (AvgIpc) is 2.36. The molecule has 1 amide bonds. The molecule has 7 heteroatoms. The Morgan fingerprint density at radius 1 is 1.40 bits per heavy atom. The Morgan fingerprint density at radius 2 is 2.10 bits per heavy atom. The lowest BCUT2D eigenvalue weighted by Crippen LogP contribution is -2.21. The van der Waals surface area contributed by atoms with E-state index in [2.05, 4.69) is 5.32 Å². The first-order valence-electron chi connectivity index (χ1n) is 6.16. The van der Waals surface area contributed by atoms with Crippen LogP contribution in [0.15, 0.2) is 18.2 Å². The van der Waals surface area contributed by atoms with Gasteiger partial charge in [-0.05, 0) is 30.7 Å². The first kappa shape index (κ1) is 16.3. The number of primary amides is 1. The van der Waals surface area contributed by atoms with Crippen LogP contribution in [0.2, 0.25) is 0 Å². The van der Waals surface area contributed by atoms with Gasteiger partial charge in [-0.2, -0.15) is 13.2 Å². The molecule has 0 atom stereocenters. The molecule has 0 heterocycles. The monoisotopic (exact) mass is 290 g/mol. The zero-order chi connectivity index (χ0) is 15.2. The molecule has 0 aliphatic rings. The highest BCUT2D eigenvalue weighted by Crippen LogP contribution is 2.36. The van der Waals surface area contributed by atoms with Crippen molar-refractivity contribution < 1.29 is 22.7 Å². The molecular formula is C13H17F3N2O2. The van der Waals surface area contributed by atoms with E-state index in [9.17, 15) is 18.0 Å². The van der Waals surface area contributed by atoms with Crippen LogP contribution in [0.3, 0.4) is 0 Å². The highest BCUT2D eigenvalue weighted by molar-refractivity contribution is 5.75. The van der Waals surface area contributed by atoms with E-state index in [-0.39, 0.29) is 0 Å². The van der Waals surface area contributed by atoms with Crippen LogP contribution >= 0.6 is 0 Å². The molecule has 0 saturated carbocycles. The second kappa shape index (κ2) is 7.14. The first-order valence-corrected chi connectivity index (χ1v) is 6.16. The van der Waals surface area contributed by atoms with Crippen molar-refractivity contribution in [2.45, 2.75) is 26.1 Å². The Balaban J connectivity index is 2.92. The Kier molecular flexibility index (Phi) is 5.82. The van der Waals surface area contributed by atoms with Crippen molar-refractivity contribution in [2.75, 3.05) is 13.2 Å². The summed E-state index contributed by atoms with van der Waals surface area (Å²) in [6.45, 7) is 2.44. The quantitative estimate of drug-likeness (QED) is 0.756. The van der Waals surface area contributed by atoms with E-state index in [1.807, 2.05) is 6.92 Å². The standard InChI is InChI=1S/C13H17F3N2O2/c1-2-5-18-7-9-3-4-11(20-8-12(17)19)10(6-9)13(14,15)16/h3-4,6,18H,2,5,7-8H2,1H3,(H2,17,19). The number of benzene rings is 1. The van der Waals surface area contributed by atoms with Gasteiger partial charge in [-0.25, -0.2) is 0 Å². The second-order valence-electron chi connectivity index (χ2n) is 4.26. The highest BCUT2D eigenvalue weighted by Gasteiger charge is 2.34. The molecule has 112 valence electrons. The summed E-state index contributed by atoms with van der Waals surface area (Å²) in [6.07, 6.45) is -3.65. The van der Waals surface area contributed by atoms with Gasteiger partial charge in [0.1, 0.15) is 5.75 Å². The van der Waals surface area contributed by atoms with E-state index in [0.717, 1.165) is 19.0 Å². The smallest absolute Gasteiger partial charge is 0.419 e. The third kappa shape index (κ3) is 5.08. The van der Waals surface area contributed by atoms with Gasteiger partial charge < -0.3 is 15.8 Å². The lowest BCUT2D eigenvalue weighted by atomic mass is 10.1. The van der Waals surface area contributed by atoms with Gasteiger partial charge in [0.2, 0.25) is 0 Å². The molecule has 0 unspecified atom stereocenters. The zero-order valence-corrected chi connectivity index (χ0v) is 11.1. The number of alkyl halides is 3. The summed E-state index contributed by atoms with van der Waals surface area (Å²) < 4.78 is 43.6. The Bertz CT molecular complexity index is 461. The minimum Gasteiger partial charge on any atom is -0.483 e. The highest BCUT2D eigenvalue weighted by atomic mass is 19.4. The second-order valence-corrected chi connectivity index (χ2v) is 4.26. The lowest BCUT2D eigenvalue weighted by molar-refractivity contribution is -0.139. The molecular weight excluding hydrogens is 273 g/mol. The average molecular weight is 290 g/mol. The van der Waals surface area contributed by atoms with Crippen LogP contribution in [0.5, 0.6) is 5.75 Å². The Labute approximate surface area is 115 Å². The minimum absolute atomic E-state index is 0.340. The van der Waals surface area contributed by atoms with Crippen molar-refractivity contribution in [3.63, 3.8) is 0 Å². The number of nitrogens with one attached hydrogen (secondary N) is 1. The topological polar surface area (TPSA) is 64.3 Å². The van der Waals surface area contributed by atoms with E-state index in [1.165, 1.54) is 12.1 Å². The summed E-state index contributed by atoms with van der Waals surface area (Å²) in [4.78, 5) is 10.6. The van der Waals surface area contributed by atoms with Crippen LogP contribution in [0.4, 0.5) is 13.2 Å². The SMILES string of the molecule is CCCNCc1ccc(OCC(N)=O)c(C(F)(F)F)c1. The number of carbonyl (C=O) groups excluding carboxylic acids is 1. The molecule has 3 N–H and O–H groups in total. The van der Waals surface area contributed by atoms with Gasteiger partial charge in [0.15, 0.2) is 6.61 Å². The van der Waals surface area contributed by atoms with Crippen LogP contribution in [0, 0.1) is 0 Å². The molecule has 20 heavy (non-hydrogen) atoms. The first-order chi connectivity index (χ1) is 9.34. The molecule has 0 radical (unpaired) electrons. The van der Waals surface area contributed by atoms with Crippen molar-refractivity contribution in [3.05, 3.63) is 29.3 Å². The number of hydrogen-bond donors (Lipinski definition) is 2. The van der Waals surface area contributed by atoms with Gasteiger partial charge in [-0.1, -0.05) is 13.0 Å². The van der Waals surface area contributed by atoms with Gasteiger partial charge in [0.25, 0.3) is 5.91 Å². The molecule has 0 saturated heterocycles. The normalized spacial score (nSPS) is 11.4. The Morgan fingerprint density at radius 3 is 2.65 bits per heavy atom. The third-order valence-corrected chi connectivity index (χ3v) is 2.48. The van der Waals surface area contributed by atoms with Crippen LogP contribution in [0.25, 0.3) is 0 Å². The predicted molar refractivity (Wildman–Crippen MR) is 68.1 cm³/mol. The number of ether oxygens (including phenoxy) is 1. The van der Waals surface area contributed by atoms with E-state index in [4.69, 9.17) is 10.5 Å². The molecule has 0 bridgehead atoms. The van der Waals surface area contributed by atoms with Gasteiger partial charge in [0, 0.05) is 6.54 Å². The molecule has 0 fully saturated rings. The van der Waals surface area contributed by atoms with Gasteiger partial charge in [-0.15, -0.1) is 0 Å². The lowest BCUT2D eigenvalue weighted by Gasteiger charge is -2.15. The fourth-order valence-electron chi connectivity index (χ4n) is 1.59. The predicted octanol–water partition coefficient (Wildman–Crippen LogP) is 2.07. The molecule has 4 nitrogen and oxygen atoms in total. The molecule has 0 spiro atoms. The van der Waals surface area contributed by atoms with Crippen molar-refractivity contribution in [2.24, 2.45) is 5.73 Å². The van der Waals surface area contributed by atoms with Crippen LogP contribution in [0.1, 0.15) is 24.5 Å². The van der Waals surface area contributed by atoms with Crippen molar-refractivity contribution in [3.8, 4) is 5.75 Å². The molecule has 0 aromatic heterocycles. The summed E-state index contributed by atoms with van der Waals surface area (Å²) in [7, 11) is 0. The number of hydrogen-bond acceptors (Lipinski definition) is 3. The van der Waals surface area contributed by atoms with E-state index in [0.29, 0.717) is 12.1 Å². The summed E-state index contributed by atoms with van der Waals surface area (Å²) in [5, 5.41) is 3.02. The van der Waals surface area contributed by atoms with Gasteiger partial charge in [0.05, 0.1) is 5.56 Å². The molecule has 0 aliphatic heterocycles. The number of carbonyl (C=O) groups is 1. The van der Waals surface area contributed by atoms with Crippen LogP contribution in [-0.2, 0) is 17.5 Å². The molecule has 1 aromatic rings. The fourth-order valence-corrected chi connectivity index (χ4v) is 1.59. The van der Waals surface area contributed by atoms with Gasteiger partial charge >= 0.3 is 6.18 Å². The molecule has 0 aliphatic carbocycles. The maximum Gasteiger partial charge on any atom is 0.419 e. The number of nitrogens with two attached hydrogens (primary N) is 1. The fraction of sp³-hybridized carbons (Fsp3) is 0.462. The van der Waals surface area contributed by atoms with E-state index >= 15 is 0 Å². The van der Waals surface area contributed by atoms with Crippen molar-refractivity contribution in [1.82, 2.24) is 5.32 Å². The summed E-state index contributed by atoms with van der Waals surface area (Å²) in [6, 6.07) is 3.74. The summed E-state index contributed by atoms with van der Waals surface area (Å²) in [5.74, 6) is -1.22. The van der Waals surface area contributed by atoms with Crippen LogP contribution in [-0.4, -0.2) is 19.1 Å². The summed E-state index contributed by atoms with van der Waals surface area (Å²) in [5.41, 5.74) is 4.44. The molecule has 1 rings (SSSR count). The number of rotatable bonds is 7. The summed E-state index contributed by atoms with van der Waals surface area (Å²) >= 11 is 0. The Hall–Kier alpha value is -1.76. The molecule has 1 aromatic carbocycles. The largest absolute Gasteiger partial charge is 0.483 e. The number of halogens is 3. The zero-order valence-electron chi connectivity index (χ0n) is 11.1. The van der Waals surface area contributed by atoms with Crippen molar-refractivity contribution >= 4 is 5.91 Å². The van der Waals surface area contributed by atoms with E-state index in [1.54, 1.807) is 0 Å². The van der Waals surface area contributed by atoms with E-state index < -0.39 is 30.0 Å². The van der Waals surface area contributed by atoms with Gasteiger partial charge in [-0.3, -0.25) is 4.79 Å². The minimum atomic E-state index is -4.55.